The van der Waals surface area contributed by atoms with Gasteiger partial charge in [0.15, 0.2) is 11.5 Å². The summed E-state index contributed by atoms with van der Waals surface area (Å²) in [5, 5.41) is 7.04. The predicted molar refractivity (Wildman–Crippen MR) is 85.7 cm³/mol. The van der Waals surface area contributed by atoms with E-state index in [0.717, 1.165) is 19.4 Å². The lowest BCUT2D eigenvalue weighted by molar-refractivity contribution is 0.0729. The zero-order chi connectivity index (χ0) is 15.6. The Morgan fingerprint density at radius 3 is 2.87 bits per heavy atom. The number of nitrogens with zero attached hydrogens (tertiary/aromatic N) is 2. The van der Waals surface area contributed by atoms with E-state index in [9.17, 15) is 4.79 Å². The van der Waals surface area contributed by atoms with Gasteiger partial charge in [-0.05, 0) is 30.5 Å². The normalized spacial score (nSPS) is 17.6. The summed E-state index contributed by atoms with van der Waals surface area (Å²) in [7, 11) is 0. The largest absolute Gasteiger partial charge is 0.463 e. The molecular formula is C18H17N3O2. The van der Waals surface area contributed by atoms with Crippen LogP contribution in [0.3, 0.4) is 0 Å². The molecule has 0 radical (unpaired) electrons. The van der Waals surface area contributed by atoms with Crippen LogP contribution in [0.1, 0.15) is 34.9 Å². The maximum Gasteiger partial charge on any atom is 0.274 e. The number of nitrogens with one attached hydrogen (secondary N) is 1. The highest BCUT2D eigenvalue weighted by molar-refractivity contribution is 5.93. The van der Waals surface area contributed by atoms with Gasteiger partial charge < -0.3 is 9.32 Å². The molecule has 3 aromatic rings. The van der Waals surface area contributed by atoms with Crippen LogP contribution in [0.25, 0.3) is 11.5 Å². The Kier molecular flexibility index (Phi) is 3.46. The first-order valence-electron chi connectivity index (χ1n) is 7.78. The molecule has 5 heteroatoms. The van der Waals surface area contributed by atoms with Crippen LogP contribution in [-0.4, -0.2) is 27.5 Å². The van der Waals surface area contributed by atoms with Gasteiger partial charge in [-0.2, -0.15) is 5.10 Å². The third-order valence-corrected chi connectivity index (χ3v) is 4.28. The number of rotatable bonds is 3. The van der Waals surface area contributed by atoms with E-state index in [0.29, 0.717) is 17.1 Å². The third kappa shape index (κ3) is 2.54. The number of carbonyl (C=O) groups is 1. The fraction of sp³-hybridized carbons (Fsp3) is 0.222. The first-order valence-corrected chi connectivity index (χ1v) is 7.78. The van der Waals surface area contributed by atoms with Gasteiger partial charge in [-0.1, -0.05) is 30.3 Å². The number of amides is 1. The molecule has 3 heterocycles. The van der Waals surface area contributed by atoms with Crippen LogP contribution in [0, 0.1) is 0 Å². The minimum atomic E-state index is -0.0367. The van der Waals surface area contributed by atoms with Crippen LogP contribution >= 0.6 is 0 Å². The van der Waals surface area contributed by atoms with Gasteiger partial charge in [-0.25, -0.2) is 0 Å². The number of H-pyrrole nitrogens is 1. The maximum atomic E-state index is 12.8. The summed E-state index contributed by atoms with van der Waals surface area (Å²) in [6, 6.07) is 15.7. The summed E-state index contributed by atoms with van der Waals surface area (Å²) in [6.07, 6.45) is 3.61. The fourth-order valence-corrected chi connectivity index (χ4v) is 3.17. The summed E-state index contributed by atoms with van der Waals surface area (Å²) in [6.45, 7) is 0.765. The van der Waals surface area contributed by atoms with Crippen molar-refractivity contribution < 1.29 is 9.21 Å². The summed E-state index contributed by atoms with van der Waals surface area (Å²) >= 11 is 0. The van der Waals surface area contributed by atoms with Gasteiger partial charge >= 0.3 is 0 Å². The molecular weight excluding hydrogens is 290 g/mol. The van der Waals surface area contributed by atoms with Gasteiger partial charge in [0.05, 0.1) is 12.3 Å². The van der Waals surface area contributed by atoms with Gasteiger partial charge in [-0.15, -0.1) is 0 Å². The third-order valence-electron chi connectivity index (χ3n) is 4.28. The molecule has 1 atom stereocenters. The van der Waals surface area contributed by atoms with Crippen LogP contribution in [0.15, 0.2) is 59.2 Å². The van der Waals surface area contributed by atoms with Crippen molar-refractivity contribution in [1.29, 1.82) is 0 Å². The van der Waals surface area contributed by atoms with E-state index in [1.54, 1.807) is 12.3 Å². The number of hydrogen-bond donors (Lipinski definition) is 1. The van der Waals surface area contributed by atoms with E-state index in [2.05, 4.69) is 22.3 Å². The summed E-state index contributed by atoms with van der Waals surface area (Å²) < 4.78 is 5.33. The van der Waals surface area contributed by atoms with Crippen LogP contribution in [-0.2, 0) is 0 Å². The molecule has 1 unspecified atom stereocenters. The first kappa shape index (κ1) is 13.8. The molecule has 4 rings (SSSR count). The van der Waals surface area contributed by atoms with Crippen LogP contribution in [0.5, 0.6) is 0 Å². The predicted octanol–water partition coefficient (Wildman–Crippen LogP) is 3.65. The number of benzene rings is 1. The van der Waals surface area contributed by atoms with Gasteiger partial charge in [0.1, 0.15) is 5.69 Å². The van der Waals surface area contributed by atoms with Crippen molar-refractivity contribution in [2.75, 3.05) is 6.54 Å². The number of hydrogen-bond acceptors (Lipinski definition) is 3. The standard InChI is InChI=1S/C18H17N3O2/c22-18(15-12-14(19-20-15)17-9-5-11-23-17)21-10-4-8-16(21)13-6-2-1-3-7-13/h1-3,5-7,9,11-12,16H,4,8,10H2,(H,19,20). The molecule has 5 nitrogen and oxygen atoms in total. The minimum Gasteiger partial charge on any atom is -0.463 e. The molecule has 1 aliphatic rings. The molecule has 1 amide bonds. The Morgan fingerprint density at radius 1 is 1.22 bits per heavy atom. The number of aromatic nitrogens is 2. The molecule has 0 bridgehead atoms. The lowest BCUT2D eigenvalue weighted by Gasteiger charge is -2.24. The van der Waals surface area contributed by atoms with Crippen molar-refractivity contribution in [2.24, 2.45) is 0 Å². The highest BCUT2D eigenvalue weighted by Crippen LogP contribution is 2.33. The van der Waals surface area contributed by atoms with Gasteiger partial charge in [0.25, 0.3) is 5.91 Å². The summed E-state index contributed by atoms with van der Waals surface area (Å²) in [5.74, 6) is 0.642. The average Bonchev–Trinajstić information content (AvgIpc) is 3.35. The van der Waals surface area contributed by atoms with Gasteiger partial charge in [-0.3, -0.25) is 9.89 Å². The second-order valence-corrected chi connectivity index (χ2v) is 5.71. The zero-order valence-corrected chi connectivity index (χ0v) is 12.6. The first-order chi connectivity index (χ1) is 11.3. The van der Waals surface area contributed by atoms with Crippen molar-refractivity contribution >= 4 is 5.91 Å². The molecule has 0 spiro atoms. The Balaban J connectivity index is 1.59. The van der Waals surface area contributed by atoms with Gasteiger partial charge in [0, 0.05) is 12.6 Å². The van der Waals surface area contributed by atoms with E-state index in [-0.39, 0.29) is 11.9 Å². The number of likely N-dealkylation sites (tertiary alicyclic amines) is 1. The number of furan rings is 1. The zero-order valence-electron chi connectivity index (χ0n) is 12.6. The molecule has 23 heavy (non-hydrogen) atoms. The molecule has 2 aromatic heterocycles. The monoisotopic (exact) mass is 307 g/mol. The fourth-order valence-electron chi connectivity index (χ4n) is 3.17. The summed E-state index contributed by atoms with van der Waals surface area (Å²) in [5.41, 5.74) is 2.33. The van der Waals surface area contributed by atoms with E-state index < -0.39 is 0 Å². The van der Waals surface area contributed by atoms with E-state index in [1.165, 1.54) is 5.56 Å². The lowest BCUT2D eigenvalue weighted by atomic mass is 10.0. The van der Waals surface area contributed by atoms with E-state index in [4.69, 9.17) is 4.42 Å². The molecule has 116 valence electrons. The molecule has 1 aliphatic heterocycles. The molecule has 1 aromatic carbocycles. The van der Waals surface area contributed by atoms with E-state index in [1.807, 2.05) is 35.2 Å². The second kappa shape index (κ2) is 5.76. The van der Waals surface area contributed by atoms with Crippen LogP contribution in [0.2, 0.25) is 0 Å². The Hall–Kier alpha value is -2.82. The van der Waals surface area contributed by atoms with Crippen LogP contribution in [0.4, 0.5) is 0 Å². The Morgan fingerprint density at radius 2 is 2.09 bits per heavy atom. The minimum absolute atomic E-state index is 0.0367. The number of aromatic amines is 1. The van der Waals surface area contributed by atoms with Crippen molar-refractivity contribution in [3.63, 3.8) is 0 Å². The molecule has 1 N–H and O–H groups in total. The molecule has 1 fully saturated rings. The number of carbonyl (C=O) groups excluding carboxylic acids is 1. The smallest absolute Gasteiger partial charge is 0.274 e. The van der Waals surface area contributed by atoms with Crippen molar-refractivity contribution in [3.05, 3.63) is 66.1 Å². The second-order valence-electron chi connectivity index (χ2n) is 5.71. The van der Waals surface area contributed by atoms with Crippen LogP contribution < -0.4 is 0 Å². The molecule has 0 aliphatic carbocycles. The summed E-state index contributed by atoms with van der Waals surface area (Å²) in [4.78, 5) is 14.7. The van der Waals surface area contributed by atoms with E-state index >= 15 is 0 Å². The average molecular weight is 307 g/mol. The van der Waals surface area contributed by atoms with Gasteiger partial charge in [0.2, 0.25) is 0 Å². The molecule has 1 saturated heterocycles. The highest BCUT2D eigenvalue weighted by atomic mass is 16.3. The van der Waals surface area contributed by atoms with Crippen molar-refractivity contribution in [3.8, 4) is 11.5 Å². The van der Waals surface area contributed by atoms with Crippen molar-refractivity contribution in [1.82, 2.24) is 15.1 Å². The lowest BCUT2D eigenvalue weighted by Crippen LogP contribution is -2.30. The maximum absolute atomic E-state index is 12.8. The topological polar surface area (TPSA) is 62.1 Å². The SMILES string of the molecule is O=C(c1cc(-c2ccco2)[nH]n1)N1CCCC1c1ccccc1. The molecule has 0 saturated carbocycles. The van der Waals surface area contributed by atoms with Crippen molar-refractivity contribution in [2.45, 2.75) is 18.9 Å². The quantitative estimate of drug-likeness (QED) is 0.803. The Bertz CT molecular complexity index is 793. The Labute approximate surface area is 133 Å². The highest BCUT2D eigenvalue weighted by Gasteiger charge is 2.31.